The maximum absolute atomic E-state index is 14.4. The van der Waals surface area contributed by atoms with Crippen LogP contribution in [0.2, 0.25) is 0 Å². The number of thiophene rings is 1. The lowest BCUT2D eigenvalue weighted by molar-refractivity contribution is -0.119. The molecule has 0 bridgehead atoms. The fraction of sp³-hybridized carbons (Fsp3) is 0.261. The minimum absolute atomic E-state index is 0.0343. The van der Waals surface area contributed by atoms with Gasteiger partial charge in [0, 0.05) is 6.54 Å². The van der Waals surface area contributed by atoms with Crippen LogP contribution in [0, 0.1) is 5.82 Å². The molecule has 0 spiro atoms. The molecule has 0 unspecified atom stereocenters. The zero-order valence-corrected chi connectivity index (χ0v) is 19.9. The third kappa shape index (κ3) is 6.02. The van der Waals surface area contributed by atoms with Crippen LogP contribution in [0.25, 0.3) is 0 Å². The molecule has 1 heterocycles. The molecule has 1 aromatic heterocycles. The molecule has 3 aromatic rings. The summed E-state index contributed by atoms with van der Waals surface area (Å²) in [5.41, 5.74) is 0.835. The van der Waals surface area contributed by atoms with Crippen molar-refractivity contribution in [1.82, 2.24) is 5.32 Å². The highest BCUT2D eigenvalue weighted by molar-refractivity contribution is 7.94. The summed E-state index contributed by atoms with van der Waals surface area (Å²) in [5.74, 6) is 0.0117. The van der Waals surface area contributed by atoms with Gasteiger partial charge < -0.3 is 14.8 Å². The SMILES string of the molecule is COc1ccc(CCCNC(=O)CN(c2ccccc2F)S(=O)(=O)c2cccs2)cc1OC. The van der Waals surface area contributed by atoms with E-state index in [1.165, 1.54) is 24.3 Å². The van der Waals surface area contributed by atoms with Crippen molar-refractivity contribution in [2.45, 2.75) is 17.1 Å². The molecular formula is C23H25FN2O5S2. The average molecular weight is 493 g/mol. The Morgan fingerprint density at radius 2 is 1.82 bits per heavy atom. The molecule has 0 radical (unpaired) electrons. The minimum atomic E-state index is -4.09. The van der Waals surface area contributed by atoms with Gasteiger partial charge in [0.2, 0.25) is 5.91 Å². The number of nitrogens with zero attached hydrogens (tertiary/aromatic N) is 1. The second-order valence-electron chi connectivity index (χ2n) is 7.04. The molecule has 1 amide bonds. The molecule has 3 rings (SSSR count). The Morgan fingerprint density at radius 1 is 1.06 bits per heavy atom. The first-order valence-corrected chi connectivity index (χ1v) is 12.5. The van der Waals surface area contributed by atoms with Crippen LogP contribution in [0.5, 0.6) is 11.5 Å². The number of carbonyl (C=O) groups is 1. The summed E-state index contributed by atoms with van der Waals surface area (Å²) >= 11 is 1.01. The standard InChI is InChI=1S/C23H25FN2O5S2/c1-30-20-12-11-17(15-21(20)31-2)7-5-13-25-22(27)16-26(19-9-4-3-8-18(19)24)33(28,29)23-10-6-14-32-23/h3-4,6,8-12,14-15H,5,7,13,16H2,1-2H3,(H,25,27). The predicted octanol–water partition coefficient (Wildman–Crippen LogP) is 3.85. The molecule has 0 saturated carbocycles. The molecule has 0 fully saturated rings. The lowest BCUT2D eigenvalue weighted by atomic mass is 10.1. The number of hydrogen-bond acceptors (Lipinski definition) is 6. The summed E-state index contributed by atoms with van der Waals surface area (Å²) in [5, 5.41) is 4.33. The number of benzene rings is 2. The Kier molecular flexibility index (Phi) is 8.29. The van der Waals surface area contributed by atoms with E-state index in [9.17, 15) is 17.6 Å². The molecule has 33 heavy (non-hydrogen) atoms. The van der Waals surface area contributed by atoms with Crippen molar-refractivity contribution in [2.24, 2.45) is 0 Å². The van der Waals surface area contributed by atoms with Gasteiger partial charge in [-0.1, -0.05) is 24.3 Å². The molecule has 0 aliphatic heterocycles. The molecule has 0 atom stereocenters. The third-order valence-corrected chi connectivity index (χ3v) is 7.99. The van der Waals surface area contributed by atoms with E-state index in [0.717, 1.165) is 27.3 Å². The monoisotopic (exact) mass is 492 g/mol. The van der Waals surface area contributed by atoms with Crippen LogP contribution in [-0.4, -0.2) is 41.6 Å². The number of nitrogens with one attached hydrogen (secondary N) is 1. The number of ether oxygens (including phenoxy) is 2. The molecule has 7 nitrogen and oxygen atoms in total. The lowest BCUT2D eigenvalue weighted by Crippen LogP contribution is -2.41. The Bertz CT molecular complexity index is 1180. The number of hydrogen-bond donors (Lipinski definition) is 1. The number of rotatable bonds is 11. The van der Waals surface area contributed by atoms with Crippen molar-refractivity contribution in [1.29, 1.82) is 0 Å². The predicted molar refractivity (Wildman–Crippen MR) is 126 cm³/mol. The number of carbonyl (C=O) groups excluding carboxylic acids is 1. The molecular weight excluding hydrogens is 467 g/mol. The molecule has 0 saturated heterocycles. The third-order valence-electron chi connectivity index (χ3n) is 4.86. The summed E-state index contributed by atoms with van der Waals surface area (Å²) in [7, 11) is -0.962. The van der Waals surface area contributed by atoms with Crippen LogP contribution in [-0.2, 0) is 21.2 Å². The number of amides is 1. The van der Waals surface area contributed by atoms with Gasteiger partial charge in [0.05, 0.1) is 19.9 Å². The fourth-order valence-electron chi connectivity index (χ4n) is 3.22. The maximum atomic E-state index is 14.4. The van der Waals surface area contributed by atoms with E-state index in [4.69, 9.17) is 9.47 Å². The lowest BCUT2D eigenvalue weighted by Gasteiger charge is -2.23. The van der Waals surface area contributed by atoms with Crippen LogP contribution in [0.1, 0.15) is 12.0 Å². The summed E-state index contributed by atoms with van der Waals surface area (Å²) in [6.07, 6.45) is 1.30. The van der Waals surface area contributed by atoms with E-state index in [-0.39, 0.29) is 9.90 Å². The van der Waals surface area contributed by atoms with Gasteiger partial charge in [-0.05, 0) is 54.1 Å². The second kappa shape index (κ2) is 11.2. The number of halogens is 1. The molecule has 2 aromatic carbocycles. The Balaban J connectivity index is 1.64. The van der Waals surface area contributed by atoms with Gasteiger partial charge in [0.25, 0.3) is 10.0 Å². The average Bonchev–Trinajstić information content (AvgIpc) is 3.37. The molecule has 176 valence electrons. The van der Waals surface area contributed by atoms with E-state index in [1.807, 2.05) is 18.2 Å². The van der Waals surface area contributed by atoms with E-state index < -0.39 is 28.3 Å². The number of para-hydroxylation sites is 1. The summed E-state index contributed by atoms with van der Waals surface area (Å²) in [6.45, 7) is -0.200. The van der Waals surface area contributed by atoms with Gasteiger partial charge in [0.1, 0.15) is 16.6 Å². The number of anilines is 1. The smallest absolute Gasteiger partial charge is 0.274 e. The van der Waals surface area contributed by atoms with Crippen LogP contribution < -0.4 is 19.1 Å². The summed E-state index contributed by atoms with van der Waals surface area (Å²) < 4.78 is 51.9. The van der Waals surface area contributed by atoms with Crippen LogP contribution in [0.3, 0.4) is 0 Å². The van der Waals surface area contributed by atoms with E-state index >= 15 is 0 Å². The largest absolute Gasteiger partial charge is 0.493 e. The highest BCUT2D eigenvalue weighted by Gasteiger charge is 2.29. The van der Waals surface area contributed by atoms with Crippen molar-refractivity contribution in [3.05, 3.63) is 71.4 Å². The van der Waals surface area contributed by atoms with Gasteiger partial charge in [-0.3, -0.25) is 9.10 Å². The Labute approximate surface area is 196 Å². The molecule has 0 aliphatic rings. The van der Waals surface area contributed by atoms with Crippen LogP contribution in [0.4, 0.5) is 10.1 Å². The highest BCUT2D eigenvalue weighted by atomic mass is 32.2. The van der Waals surface area contributed by atoms with E-state index in [2.05, 4.69) is 5.32 Å². The van der Waals surface area contributed by atoms with Crippen molar-refractivity contribution in [3.8, 4) is 11.5 Å². The first-order chi connectivity index (χ1) is 15.9. The van der Waals surface area contributed by atoms with Crippen LogP contribution >= 0.6 is 11.3 Å². The van der Waals surface area contributed by atoms with E-state index in [1.54, 1.807) is 25.7 Å². The number of aryl methyl sites for hydroxylation is 1. The first-order valence-electron chi connectivity index (χ1n) is 10.1. The number of methoxy groups -OCH3 is 2. The molecule has 0 aliphatic carbocycles. The van der Waals surface area contributed by atoms with Gasteiger partial charge in [0.15, 0.2) is 11.5 Å². The fourth-order valence-corrected chi connectivity index (χ4v) is 5.75. The maximum Gasteiger partial charge on any atom is 0.274 e. The van der Waals surface area contributed by atoms with Crippen LogP contribution in [0.15, 0.2) is 64.2 Å². The van der Waals surface area contributed by atoms with Crippen molar-refractivity contribution >= 4 is 33.0 Å². The number of sulfonamides is 1. The van der Waals surface area contributed by atoms with Gasteiger partial charge >= 0.3 is 0 Å². The zero-order chi connectivity index (χ0) is 23.8. The second-order valence-corrected chi connectivity index (χ2v) is 10.1. The van der Waals surface area contributed by atoms with Crippen molar-refractivity contribution in [3.63, 3.8) is 0 Å². The van der Waals surface area contributed by atoms with Crippen molar-refractivity contribution < 1.29 is 27.1 Å². The summed E-state index contributed by atoms with van der Waals surface area (Å²) in [4.78, 5) is 12.6. The normalized spacial score (nSPS) is 11.1. The molecule has 1 N–H and O–H groups in total. The Hall–Kier alpha value is -3.11. The quantitative estimate of drug-likeness (QED) is 0.411. The highest BCUT2D eigenvalue weighted by Crippen LogP contribution is 2.29. The van der Waals surface area contributed by atoms with Gasteiger partial charge in [-0.2, -0.15) is 0 Å². The summed E-state index contributed by atoms with van der Waals surface area (Å²) in [6, 6.07) is 14.1. The van der Waals surface area contributed by atoms with Gasteiger partial charge in [-0.15, -0.1) is 11.3 Å². The van der Waals surface area contributed by atoms with E-state index in [0.29, 0.717) is 30.9 Å². The Morgan fingerprint density at radius 3 is 2.48 bits per heavy atom. The zero-order valence-electron chi connectivity index (χ0n) is 18.3. The first kappa shape index (κ1) is 24.5. The van der Waals surface area contributed by atoms with Crippen molar-refractivity contribution in [2.75, 3.05) is 31.6 Å². The minimum Gasteiger partial charge on any atom is -0.493 e. The topological polar surface area (TPSA) is 84.9 Å². The molecule has 10 heteroatoms. The van der Waals surface area contributed by atoms with Gasteiger partial charge in [-0.25, -0.2) is 12.8 Å².